The van der Waals surface area contributed by atoms with E-state index in [0.717, 1.165) is 19.5 Å². The number of hydrogen-bond donors (Lipinski definition) is 1. The maximum absolute atomic E-state index is 9.90. The minimum absolute atomic E-state index is 0.330. The molecule has 0 aromatic heterocycles. The van der Waals surface area contributed by atoms with Crippen molar-refractivity contribution in [3.05, 3.63) is 0 Å². The van der Waals surface area contributed by atoms with Gasteiger partial charge in [0, 0.05) is 12.8 Å². The summed E-state index contributed by atoms with van der Waals surface area (Å²) in [6.07, 6.45) is 3.52. The predicted molar refractivity (Wildman–Crippen MR) is 40.8 cm³/mol. The first-order chi connectivity index (χ1) is 4.73. The first kappa shape index (κ1) is 8.02. The first-order valence-corrected chi connectivity index (χ1v) is 4.32. The van der Waals surface area contributed by atoms with Gasteiger partial charge in [-0.1, -0.05) is 6.92 Å². The molecule has 0 aromatic rings. The summed E-state index contributed by atoms with van der Waals surface area (Å²) in [5.41, 5.74) is 0. The molecule has 0 aromatic carbocycles. The standard InChI is InChI=1S/C8H18NO/c1-3-8-6-5-7-9(8,10)4-2/h8,10H,3-7H2,1-2H3/q+1. The van der Waals surface area contributed by atoms with Crippen LogP contribution in [0.5, 0.6) is 0 Å². The Morgan fingerprint density at radius 3 is 2.60 bits per heavy atom. The van der Waals surface area contributed by atoms with Gasteiger partial charge in [0.25, 0.3) is 0 Å². The summed E-state index contributed by atoms with van der Waals surface area (Å²) in [6.45, 7) is 6.07. The summed E-state index contributed by atoms with van der Waals surface area (Å²) in [5.74, 6) is 0. The quantitative estimate of drug-likeness (QED) is 0.586. The van der Waals surface area contributed by atoms with E-state index in [4.69, 9.17) is 0 Å². The van der Waals surface area contributed by atoms with Gasteiger partial charge in [0.1, 0.15) is 19.1 Å². The number of hydrogen-bond acceptors (Lipinski definition) is 1. The molecule has 1 fully saturated rings. The van der Waals surface area contributed by atoms with Gasteiger partial charge >= 0.3 is 0 Å². The molecule has 2 atom stereocenters. The molecule has 2 nitrogen and oxygen atoms in total. The van der Waals surface area contributed by atoms with Crippen molar-refractivity contribution in [1.82, 2.24) is 0 Å². The lowest BCUT2D eigenvalue weighted by atomic mass is 10.2. The number of nitrogens with zero attached hydrogens (tertiary/aromatic N) is 1. The highest BCUT2D eigenvalue weighted by Gasteiger charge is 2.38. The van der Waals surface area contributed by atoms with E-state index < -0.39 is 0 Å². The molecule has 60 valence electrons. The van der Waals surface area contributed by atoms with Crippen LogP contribution in [0.25, 0.3) is 0 Å². The van der Waals surface area contributed by atoms with Gasteiger partial charge in [-0.05, 0) is 13.3 Å². The molecule has 0 saturated carbocycles. The van der Waals surface area contributed by atoms with Gasteiger partial charge in [-0.15, -0.1) is 0 Å². The number of likely N-dealkylation sites (tertiary alicyclic amines) is 1. The second kappa shape index (κ2) is 2.89. The number of rotatable bonds is 2. The van der Waals surface area contributed by atoms with Crippen molar-refractivity contribution < 1.29 is 9.85 Å². The Kier molecular flexibility index (Phi) is 2.32. The average molecular weight is 144 g/mol. The van der Waals surface area contributed by atoms with Crippen molar-refractivity contribution in [2.24, 2.45) is 0 Å². The summed E-state index contributed by atoms with van der Waals surface area (Å²) in [5, 5.41) is 9.90. The van der Waals surface area contributed by atoms with Crippen LogP contribution in [-0.2, 0) is 0 Å². The molecule has 1 rings (SSSR count). The smallest absolute Gasteiger partial charge is 0.119 e. The van der Waals surface area contributed by atoms with Crippen molar-refractivity contribution in [1.29, 1.82) is 0 Å². The molecule has 2 unspecified atom stereocenters. The zero-order chi connectivity index (χ0) is 7.61. The Morgan fingerprint density at radius 1 is 1.50 bits per heavy atom. The van der Waals surface area contributed by atoms with Gasteiger partial charge in [0.05, 0.1) is 0 Å². The molecular formula is C8H18NO+. The molecule has 0 amide bonds. The van der Waals surface area contributed by atoms with Crippen molar-refractivity contribution in [2.45, 2.75) is 39.2 Å². The summed E-state index contributed by atoms with van der Waals surface area (Å²) in [7, 11) is 0. The van der Waals surface area contributed by atoms with E-state index in [-0.39, 0.29) is 0 Å². The minimum atomic E-state index is 0.330. The molecule has 0 spiro atoms. The van der Waals surface area contributed by atoms with E-state index >= 15 is 0 Å². The Bertz CT molecular complexity index is 116. The number of quaternary nitrogens is 1. The lowest BCUT2D eigenvalue weighted by molar-refractivity contribution is -1.11. The second-order valence-electron chi connectivity index (χ2n) is 3.23. The first-order valence-electron chi connectivity index (χ1n) is 4.32. The molecule has 1 aliphatic heterocycles. The average Bonchev–Trinajstić information content (AvgIpc) is 2.32. The molecule has 1 aliphatic rings. The molecule has 1 N–H and O–H groups in total. The molecule has 0 radical (unpaired) electrons. The topological polar surface area (TPSA) is 20.2 Å². The lowest BCUT2D eigenvalue weighted by Crippen LogP contribution is -2.48. The van der Waals surface area contributed by atoms with Gasteiger partial charge < -0.3 is 0 Å². The van der Waals surface area contributed by atoms with Gasteiger partial charge in [0.2, 0.25) is 0 Å². The maximum Gasteiger partial charge on any atom is 0.119 e. The highest BCUT2D eigenvalue weighted by Crippen LogP contribution is 2.25. The third kappa shape index (κ3) is 1.18. The van der Waals surface area contributed by atoms with E-state index in [2.05, 4.69) is 13.8 Å². The Hall–Kier alpha value is -0.0800. The minimum Gasteiger partial charge on any atom is -0.217 e. The van der Waals surface area contributed by atoms with Crippen LogP contribution in [0.15, 0.2) is 0 Å². The number of hydroxylamine groups is 3. The lowest BCUT2D eigenvalue weighted by Gasteiger charge is -2.29. The zero-order valence-electron chi connectivity index (χ0n) is 7.01. The van der Waals surface area contributed by atoms with Crippen molar-refractivity contribution in [3.63, 3.8) is 0 Å². The monoisotopic (exact) mass is 144 g/mol. The molecule has 1 saturated heterocycles. The Morgan fingerprint density at radius 2 is 2.20 bits per heavy atom. The zero-order valence-corrected chi connectivity index (χ0v) is 7.01. The van der Waals surface area contributed by atoms with Crippen molar-refractivity contribution >= 4 is 0 Å². The molecule has 0 aliphatic carbocycles. The summed E-state index contributed by atoms with van der Waals surface area (Å²) < 4.78 is 0.330. The van der Waals surface area contributed by atoms with E-state index in [0.29, 0.717) is 10.7 Å². The molecule has 10 heavy (non-hydrogen) atoms. The van der Waals surface area contributed by atoms with Crippen molar-refractivity contribution in [3.8, 4) is 0 Å². The fourth-order valence-electron chi connectivity index (χ4n) is 1.98. The van der Waals surface area contributed by atoms with E-state index in [1.54, 1.807) is 0 Å². The fraction of sp³-hybridized carbons (Fsp3) is 1.00. The Balaban J connectivity index is 2.56. The van der Waals surface area contributed by atoms with Gasteiger partial charge in [-0.2, -0.15) is 4.65 Å². The third-order valence-corrected chi connectivity index (χ3v) is 2.78. The van der Waals surface area contributed by atoms with E-state index in [9.17, 15) is 5.21 Å². The van der Waals surface area contributed by atoms with E-state index in [1.165, 1.54) is 12.8 Å². The maximum atomic E-state index is 9.90. The van der Waals surface area contributed by atoms with Crippen LogP contribution >= 0.6 is 0 Å². The SMILES string of the molecule is CCC1CCC[N+]1(O)CC. The predicted octanol–water partition coefficient (Wildman–Crippen LogP) is 1.78. The van der Waals surface area contributed by atoms with Crippen molar-refractivity contribution in [2.75, 3.05) is 13.1 Å². The van der Waals surface area contributed by atoms with Crippen LogP contribution in [0, 0.1) is 0 Å². The van der Waals surface area contributed by atoms with Crippen LogP contribution in [0.2, 0.25) is 0 Å². The summed E-state index contributed by atoms with van der Waals surface area (Å²) >= 11 is 0. The third-order valence-electron chi connectivity index (χ3n) is 2.78. The van der Waals surface area contributed by atoms with Crippen LogP contribution < -0.4 is 0 Å². The van der Waals surface area contributed by atoms with Crippen LogP contribution in [-0.4, -0.2) is 29.0 Å². The molecule has 2 heteroatoms. The molecular weight excluding hydrogens is 126 g/mol. The molecule has 1 heterocycles. The molecule has 0 bridgehead atoms. The summed E-state index contributed by atoms with van der Waals surface area (Å²) in [6, 6.07) is 0.519. The van der Waals surface area contributed by atoms with Gasteiger partial charge in [-0.3, -0.25) is 0 Å². The normalized spacial score (nSPS) is 40.5. The largest absolute Gasteiger partial charge is 0.217 e. The highest BCUT2D eigenvalue weighted by molar-refractivity contribution is 4.62. The van der Waals surface area contributed by atoms with E-state index in [1.807, 2.05) is 0 Å². The summed E-state index contributed by atoms with van der Waals surface area (Å²) in [4.78, 5) is 0. The Labute approximate surface area is 63.0 Å². The van der Waals surface area contributed by atoms with Crippen LogP contribution in [0.4, 0.5) is 0 Å². The van der Waals surface area contributed by atoms with Crippen LogP contribution in [0.1, 0.15) is 33.1 Å². The fourth-order valence-corrected chi connectivity index (χ4v) is 1.98. The van der Waals surface area contributed by atoms with Crippen LogP contribution in [0.3, 0.4) is 0 Å². The van der Waals surface area contributed by atoms with Gasteiger partial charge in [0.15, 0.2) is 0 Å². The highest BCUT2D eigenvalue weighted by atomic mass is 16.5. The van der Waals surface area contributed by atoms with Gasteiger partial charge in [-0.25, -0.2) is 5.21 Å². The second-order valence-corrected chi connectivity index (χ2v) is 3.23.